The van der Waals surface area contributed by atoms with Crippen LogP contribution < -0.4 is 5.32 Å². The molecule has 4 nitrogen and oxygen atoms in total. The van der Waals surface area contributed by atoms with Crippen molar-refractivity contribution in [2.24, 2.45) is 0 Å². The van der Waals surface area contributed by atoms with E-state index in [1.165, 1.54) is 11.8 Å². The minimum absolute atomic E-state index is 0.0995. The number of hydrogen-bond acceptors (Lipinski definition) is 4. The molecule has 5 heteroatoms. The Kier molecular flexibility index (Phi) is 5.46. The van der Waals surface area contributed by atoms with Crippen molar-refractivity contribution < 1.29 is 4.79 Å². The summed E-state index contributed by atoms with van der Waals surface area (Å²) < 4.78 is 0. The standard InChI is InChI=1S/C20H19N3OS/c1-14(15-9-5-3-6-10-15)22-19(24)17-13-21-20(25-2)23-18(17)16-11-7-4-8-12-16/h3-14H,1-2H3,(H,22,24)/t14-/m1/s1. The van der Waals surface area contributed by atoms with E-state index in [1.54, 1.807) is 6.20 Å². The maximum atomic E-state index is 12.8. The minimum atomic E-state index is -0.178. The first-order chi connectivity index (χ1) is 12.2. The second-order valence-corrected chi connectivity index (χ2v) is 6.36. The number of carbonyl (C=O) groups excluding carboxylic acids is 1. The largest absolute Gasteiger partial charge is 0.345 e. The number of benzene rings is 2. The Morgan fingerprint density at radius 3 is 2.32 bits per heavy atom. The molecule has 0 aliphatic rings. The second-order valence-electron chi connectivity index (χ2n) is 5.59. The van der Waals surface area contributed by atoms with Gasteiger partial charge in [-0.2, -0.15) is 0 Å². The number of aromatic nitrogens is 2. The predicted octanol–water partition coefficient (Wildman–Crippen LogP) is 4.36. The molecule has 1 heterocycles. The molecule has 0 fully saturated rings. The average Bonchev–Trinajstić information content (AvgIpc) is 2.68. The first-order valence-corrected chi connectivity index (χ1v) is 9.24. The molecule has 2 aromatic carbocycles. The van der Waals surface area contributed by atoms with Gasteiger partial charge in [-0.25, -0.2) is 9.97 Å². The molecule has 126 valence electrons. The van der Waals surface area contributed by atoms with Gasteiger partial charge in [0.25, 0.3) is 5.91 Å². The Hall–Kier alpha value is -2.66. The molecule has 3 rings (SSSR count). The number of amides is 1. The maximum Gasteiger partial charge on any atom is 0.255 e. The molecule has 0 spiro atoms. The number of carbonyl (C=O) groups is 1. The molecular weight excluding hydrogens is 330 g/mol. The van der Waals surface area contributed by atoms with Crippen molar-refractivity contribution in [1.82, 2.24) is 15.3 Å². The van der Waals surface area contributed by atoms with Crippen molar-refractivity contribution in [3.05, 3.63) is 78.0 Å². The SMILES string of the molecule is CSc1ncc(C(=O)N[C@H](C)c2ccccc2)c(-c2ccccc2)n1. The lowest BCUT2D eigenvalue weighted by Gasteiger charge is -2.16. The van der Waals surface area contributed by atoms with Crippen molar-refractivity contribution in [1.29, 1.82) is 0 Å². The van der Waals surface area contributed by atoms with Gasteiger partial charge in [-0.15, -0.1) is 0 Å². The van der Waals surface area contributed by atoms with Gasteiger partial charge in [0.05, 0.1) is 17.3 Å². The molecule has 1 aromatic heterocycles. The summed E-state index contributed by atoms with van der Waals surface area (Å²) in [7, 11) is 0. The Bertz CT molecular complexity index is 853. The zero-order valence-corrected chi connectivity index (χ0v) is 15.0. The van der Waals surface area contributed by atoms with Crippen LogP contribution in [0.4, 0.5) is 0 Å². The van der Waals surface area contributed by atoms with Crippen molar-refractivity contribution in [3.8, 4) is 11.3 Å². The minimum Gasteiger partial charge on any atom is -0.345 e. The lowest BCUT2D eigenvalue weighted by atomic mass is 10.1. The molecule has 0 aliphatic carbocycles. The summed E-state index contributed by atoms with van der Waals surface area (Å²) in [6.07, 6.45) is 3.52. The Balaban J connectivity index is 1.92. The summed E-state index contributed by atoms with van der Waals surface area (Å²) in [6.45, 7) is 1.96. The third kappa shape index (κ3) is 4.06. The van der Waals surface area contributed by atoms with E-state index in [1.807, 2.05) is 73.8 Å². The van der Waals surface area contributed by atoms with E-state index in [9.17, 15) is 4.79 Å². The van der Waals surface area contributed by atoms with Crippen molar-refractivity contribution in [2.45, 2.75) is 18.1 Å². The molecule has 25 heavy (non-hydrogen) atoms. The zero-order chi connectivity index (χ0) is 17.6. The van der Waals surface area contributed by atoms with E-state index in [-0.39, 0.29) is 11.9 Å². The van der Waals surface area contributed by atoms with E-state index in [4.69, 9.17) is 0 Å². The van der Waals surface area contributed by atoms with Gasteiger partial charge in [-0.3, -0.25) is 4.79 Å². The first kappa shape index (κ1) is 17.2. The third-order valence-corrected chi connectivity index (χ3v) is 4.45. The zero-order valence-electron chi connectivity index (χ0n) is 14.1. The molecule has 3 aromatic rings. The van der Waals surface area contributed by atoms with Gasteiger partial charge in [-0.1, -0.05) is 72.4 Å². The van der Waals surface area contributed by atoms with Crippen LogP contribution in [0.1, 0.15) is 28.9 Å². The Morgan fingerprint density at radius 2 is 1.68 bits per heavy atom. The highest BCUT2D eigenvalue weighted by molar-refractivity contribution is 7.98. The maximum absolute atomic E-state index is 12.8. The number of hydrogen-bond donors (Lipinski definition) is 1. The second kappa shape index (κ2) is 7.94. The lowest BCUT2D eigenvalue weighted by Crippen LogP contribution is -2.27. The van der Waals surface area contributed by atoms with Crippen LogP contribution in [0.3, 0.4) is 0 Å². The van der Waals surface area contributed by atoms with E-state index >= 15 is 0 Å². The highest BCUT2D eigenvalue weighted by Gasteiger charge is 2.18. The fourth-order valence-corrected chi connectivity index (χ4v) is 2.89. The molecule has 0 unspecified atom stereocenters. The summed E-state index contributed by atoms with van der Waals surface area (Å²) in [5, 5.41) is 3.68. The number of rotatable bonds is 5. The van der Waals surface area contributed by atoms with Crippen LogP contribution in [0.25, 0.3) is 11.3 Å². The van der Waals surface area contributed by atoms with Gasteiger partial charge in [0, 0.05) is 11.8 Å². The van der Waals surface area contributed by atoms with E-state index in [2.05, 4.69) is 15.3 Å². The average molecular weight is 349 g/mol. The summed E-state index contributed by atoms with van der Waals surface area (Å²) in [5.74, 6) is -0.178. The Morgan fingerprint density at radius 1 is 1.04 bits per heavy atom. The molecule has 0 radical (unpaired) electrons. The third-order valence-electron chi connectivity index (χ3n) is 3.89. The van der Waals surface area contributed by atoms with Crippen molar-refractivity contribution >= 4 is 17.7 Å². The molecule has 0 aliphatic heterocycles. The summed E-state index contributed by atoms with van der Waals surface area (Å²) >= 11 is 1.45. The van der Waals surface area contributed by atoms with Gasteiger partial charge in [0.1, 0.15) is 0 Å². The normalized spacial score (nSPS) is 11.8. The highest BCUT2D eigenvalue weighted by Crippen LogP contribution is 2.24. The van der Waals surface area contributed by atoms with Crippen molar-refractivity contribution in [2.75, 3.05) is 6.26 Å². The first-order valence-electron chi connectivity index (χ1n) is 8.01. The summed E-state index contributed by atoms with van der Waals surface area (Å²) in [4.78, 5) is 21.7. The van der Waals surface area contributed by atoms with Gasteiger partial charge in [0.2, 0.25) is 0 Å². The predicted molar refractivity (Wildman–Crippen MR) is 102 cm³/mol. The van der Waals surface area contributed by atoms with Gasteiger partial charge in [-0.05, 0) is 18.7 Å². The van der Waals surface area contributed by atoms with Crippen molar-refractivity contribution in [3.63, 3.8) is 0 Å². The quantitative estimate of drug-likeness (QED) is 0.549. The topological polar surface area (TPSA) is 54.9 Å². The Labute approximate surface area is 151 Å². The monoisotopic (exact) mass is 349 g/mol. The van der Waals surface area contributed by atoms with Gasteiger partial charge < -0.3 is 5.32 Å². The molecule has 1 amide bonds. The van der Waals surface area contributed by atoms with Crippen LogP contribution in [0, 0.1) is 0 Å². The van der Waals surface area contributed by atoms with Crippen LogP contribution >= 0.6 is 11.8 Å². The molecule has 0 saturated heterocycles. The lowest BCUT2D eigenvalue weighted by molar-refractivity contribution is 0.0939. The van der Waals surface area contributed by atoms with E-state index in [0.29, 0.717) is 16.4 Å². The summed E-state index contributed by atoms with van der Waals surface area (Å²) in [6, 6.07) is 19.5. The van der Waals surface area contributed by atoms with Crippen LogP contribution in [0.2, 0.25) is 0 Å². The summed E-state index contributed by atoms with van der Waals surface area (Å²) in [5.41, 5.74) is 3.08. The van der Waals surface area contributed by atoms with E-state index in [0.717, 1.165) is 11.1 Å². The highest BCUT2D eigenvalue weighted by atomic mass is 32.2. The van der Waals surface area contributed by atoms with E-state index < -0.39 is 0 Å². The molecule has 0 bridgehead atoms. The smallest absolute Gasteiger partial charge is 0.255 e. The van der Waals surface area contributed by atoms with Gasteiger partial charge >= 0.3 is 0 Å². The number of nitrogens with zero attached hydrogens (tertiary/aromatic N) is 2. The number of thioether (sulfide) groups is 1. The molecule has 1 atom stereocenters. The van der Waals surface area contributed by atoms with Crippen LogP contribution in [-0.4, -0.2) is 22.1 Å². The molecule has 0 saturated carbocycles. The van der Waals surface area contributed by atoms with Crippen LogP contribution in [-0.2, 0) is 0 Å². The van der Waals surface area contributed by atoms with Crippen LogP contribution in [0.5, 0.6) is 0 Å². The van der Waals surface area contributed by atoms with Gasteiger partial charge in [0.15, 0.2) is 5.16 Å². The molecule has 1 N–H and O–H groups in total. The molecular formula is C20H19N3OS. The number of nitrogens with one attached hydrogen (secondary N) is 1. The fraction of sp³-hybridized carbons (Fsp3) is 0.150. The van der Waals surface area contributed by atoms with Crippen LogP contribution in [0.15, 0.2) is 72.0 Å². The fourth-order valence-electron chi connectivity index (χ4n) is 2.55.